The van der Waals surface area contributed by atoms with Crippen LogP contribution in [0.1, 0.15) is 58.3 Å². The number of hydrogen-bond acceptors (Lipinski definition) is 1. The molecule has 2 saturated carbocycles. The second-order valence-electron chi connectivity index (χ2n) is 5.47. The number of nitrogens with zero attached hydrogens (tertiary/aromatic N) is 1. The van der Waals surface area contributed by atoms with E-state index in [0.29, 0.717) is 6.04 Å². The van der Waals surface area contributed by atoms with Gasteiger partial charge < -0.3 is 10.6 Å². The van der Waals surface area contributed by atoms with Gasteiger partial charge in [0.1, 0.15) is 0 Å². The highest BCUT2D eigenvalue weighted by molar-refractivity contribution is 14.0. The molecule has 0 unspecified atom stereocenters. The summed E-state index contributed by atoms with van der Waals surface area (Å²) in [5, 5.41) is 6.95. The van der Waals surface area contributed by atoms with E-state index >= 15 is 0 Å². The lowest BCUT2D eigenvalue weighted by Crippen LogP contribution is -2.44. The fourth-order valence-corrected chi connectivity index (χ4v) is 2.53. The molecule has 0 radical (unpaired) electrons. The maximum atomic E-state index is 4.68. The van der Waals surface area contributed by atoms with Crippen LogP contribution in [0.5, 0.6) is 0 Å². The van der Waals surface area contributed by atoms with Crippen LogP contribution in [-0.2, 0) is 0 Å². The predicted octanol–water partition coefficient (Wildman–Crippen LogP) is 3.29. The maximum absolute atomic E-state index is 4.68. The van der Waals surface area contributed by atoms with E-state index in [2.05, 4.69) is 22.5 Å². The Hall–Kier alpha value is 0. The maximum Gasteiger partial charge on any atom is 0.191 e. The minimum Gasteiger partial charge on any atom is -0.357 e. The molecule has 0 saturated heterocycles. The summed E-state index contributed by atoms with van der Waals surface area (Å²) in [6, 6.07) is 0.655. The van der Waals surface area contributed by atoms with Gasteiger partial charge in [0.05, 0.1) is 0 Å². The molecule has 0 amide bonds. The average Bonchev–Trinajstić information content (AvgIpc) is 3.15. The molecule has 0 aromatic rings. The summed E-state index contributed by atoms with van der Waals surface area (Å²) < 4.78 is 0. The van der Waals surface area contributed by atoms with Crippen molar-refractivity contribution < 1.29 is 0 Å². The van der Waals surface area contributed by atoms with E-state index in [9.17, 15) is 0 Å². The molecule has 3 nitrogen and oxygen atoms in total. The first-order valence-corrected chi connectivity index (χ1v) is 7.43. The molecule has 0 aromatic carbocycles. The third-order valence-corrected chi connectivity index (χ3v) is 3.79. The fraction of sp³-hybridized carbons (Fsp3) is 0.929. The van der Waals surface area contributed by atoms with Crippen LogP contribution in [0.4, 0.5) is 0 Å². The van der Waals surface area contributed by atoms with Gasteiger partial charge in [-0.2, -0.15) is 0 Å². The Balaban J connectivity index is 0.00000162. The van der Waals surface area contributed by atoms with Gasteiger partial charge in [0.2, 0.25) is 0 Å². The Morgan fingerprint density at radius 2 is 1.83 bits per heavy atom. The Labute approximate surface area is 129 Å². The molecule has 0 atom stereocenters. The summed E-state index contributed by atoms with van der Waals surface area (Å²) >= 11 is 0. The molecule has 0 bridgehead atoms. The largest absolute Gasteiger partial charge is 0.357 e. The third-order valence-electron chi connectivity index (χ3n) is 3.79. The molecular weight excluding hydrogens is 337 g/mol. The van der Waals surface area contributed by atoms with E-state index in [1.807, 2.05) is 0 Å². The van der Waals surface area contributed by atoms with Gasteiger partial charge in [-0.25, -0.2) is 0 Å². The highest BCUT2D eigenvalue weighted by atomic mass is 127. The smallest absolute Gasteiger partial charge is 0.191 e. The highest BCUT2D eigenvalue weighted by Crippen LogP contribution is 2.32. The number of guanidine groups is 1. The van der Waals surface area contributed by atoms with Gasteiger partial charge >= 0.3 is 0 Å². The molecule has 0 heterocycles. The molecular formula is C14H28IN3. The summed E-state index contributed by atoms with van der Waals surface area (Å²) in [4.78, 5) is 4.68. The number of halogens is 1. The standard InChI is InChI=1S/C14H27N3.HI/c1-2-15-14(16-11-10-12-8-9-12)17-13-6-4-3-5-7-13;/h12-13H,2-11H2,1H3,(H2,15,16,17);1H. The first-order chi connectivity index (χ1) is 8.38. The first kappa shape index (κ1) is 16.1. The molecule has 2 aliphatic rings. The third kappa shape index (κ3) is 6.25. The number of aliphatic imine (C=N–C) groups is 1. The summed E-state index contributed by atoms with van der Waals surface area (Å²) in [6.07, 6.45) is 10.9. The first-order valence-electron chi connectivity index (χ1n) is 7.43. The zero-order valence-electron chi connectivity index (χ0n) is 11.6. The highest BCUT2D eigenvalue weighted by Gasteiger charge is 2.20. The van der Waals surface area contributed by atoms with E-state index in [4.69, 9.17) is 0 Å². The van der Waals surface area contributed by atoms with Crippen molar-refractivity contribution in [3.05, 3.63) is 0 Å². The van der Waals surface area contributed by atoms with Gasteiger partial charge in [0, 0.05) is 19.1 Å². The second-order valence-corrected chi connectivity index (χ2v) is 5.47. The molecule has 2 aliphatic carbocycles. The van der Waals surface area contributed by atoms with Gasteiger partial charge in [-0.3, -0.25) is 4.99 Å². The SMILES string of the molecule is CCNC(=NCCC1CC1)NC1CCCCC1.I. The molecule has 18 heavy (non-hydrogen) atoms. The van der Waals surface area contributed by atoms with Gasteiger partial charge in [-0.05, 0) is 32.1 Å². The average molecular weight is 365 g/mol. The van der Waals surface area contributed by atoms with Gasteiger partial charge in [-0.15, -0.1) is 24.0 Å². The van der Waals surface area contributed by atoms with Crippen LogP contribution in [0, 0.1) is 5.92 Å². The molecule has 0 aromatic heterocycles. The van der Waals surface area contributed by atoms with Crippen molar-refractivity contribution >= 4 is 29.9 Å². The van der Waals surface area contributed by atoms with Crippen molar-refractivity contribution in [3.8, 4) is 0 Å². The van der Waals surface area contributed by atoms with E-state index in [-0.39, 0.29) is 24.0 Å². The van der Waals surface area contributed by atoms with E-state index in [1.54, 1.807) is 0 Å². The number of rotatable bonds is 5. The quantitative estimate of drug-likeness (QED) is 0.446. The predicted molar refractivity (Wildman–Crippen MR) is 88.7 cm³/mol. The topological polar surface area (TPSA) is 36.4 Å². The Morgan fingerprint density at radius 3 is 2.44 bits per heavy atom. The van der Waals surface area contributed by atoms with Crippen LogP contribution >= 0.6 is 24.0 Å². The summed E-state index contributed by atoms with van der Waals surface area (Å²) in [5.41, 5.74) is 0. The lowest BCUT2D eigenvalue weighted by molar-refractivity contribution is 0.410. The molecule has 106 valence electrons. The molecule has 0 spiro atoms. The Morgan fingerprint density at radius 1 is 1.11 bits per heavy atom. The minimum absolute atomic E-state index is 0. The van der Waals surface area contributed by atoms with Crippen LogP contribution in [0.25, 0.3) is 0 Å². The van der Waals surface area contributed by atoms with E-state index < -0.39 is 0 Å². The van der Waals surface area contributed by atoms with Crippen LogP contribution in [0.2, 0.25) is 0 Å². The zero-order valence-corrected chi connectivity index (χ0v) is 13.9. The van der Waals surface area contributed by atoms with E-state index in [1.165, 1.54) is 51.4 Å². The van der Waals surface area contributed by atoms with Crippen LogP contribution in [-0.4, -0.2) is 25.1 Å². The molecule has 2 fully saturated rings. The lowest BCUT2D eigenvalue weighted by Gasteiger charge is -2.24. The van der Waals surface area contributed by atoms with Crippen LogP contribution < -0.4 is 10.6 Å². The van der Waals surface area contributed by atoms with Crippen molar-refractivity contribution in [2.75, 3.05) is 13.1 Å². The molecule has 0 aliphatic heterocycles. The molecule has 4 heteroatoms. The summed E-state index contributed by atoms with van der Waals surface area (Å²) in [5.74, 6) is 2.02. The van der Waals surface area contributed by atoms with Gasteiger partial charge in [0.25, 0.3) is 0 Å². The zero-order chi connectivity index (χ0) is 11.9. The second kappa shape index (κ2) is 8.99. The van der Waals surface area contributed by atoms with Crippen LogP contribution in [0.15, 0.2) is 4.99 Å². The lowest BCUT2D eigenvalue weighted by atomic mass is 9.96. The molecule has 2 rings (SSSR count). The van der Waals surface area contributed by atoms with Crippen molar-refractivity contribution in [3.63, 3.8) is 0 Å². The number of hydrogen-bond donors (Lipinski definition) is 2. The summed E-state index contributed by atoms with van der Waals surface area (Å²) in [6.45, 7) is 4.09. The normalized spacial score (nSPS) is 21.3. The van der Waals surface area contributed by atoms with Crippen molar-refractivity contribution in [1.82, 2.24) is 10.6 Å². The van der Waals surface area contributed by atoms with Crippen molar-refractivity contribution in [1.29, 1.82) is 0 Å². The van der Waals surface area contributed by atoms with Crippen LogP contribution in [0.3, 0.4) is 0 Å². The van der Waals surface area contributed by atoms with Crippen molar-refractivity contribution in [2.45, 2.75) is 64.3 Å². The van der Waals surface area contributed by atoms with E-state index in [0.717, 1.165) is 25.0 Å². The summed E-state index contributed by atoms with van der Waals surface area (Å²) in [7, 11) is 0. The Kier molecular flexibility index (Phi) is 8.02. The molecule has 2 N–H and O–H groups in total. The fourth-order valence-electron chi connectivity index (χ4n) is 2.53. The minimum atomic E-state index is 0. The number of nitrogens with one attached hydrogen (secondary N) is 2. The van der Waals surface area contributed by atoms with Crippen molar-refractivity contribution in [2.24, 2.45) is 10.9 Å². The Bertz CT molecular complexity index is 245. The van der Waals surface area contributed by atoms with Gasteiger partial charge in [0.15, 0.2) is 5.96 Å². The monoisotopic (exact) mass is 365 g/mol. The van der Waals surface area contributed by atoms with Gasteiger partial charge in [-0.1, -0.05) is 32.1 Å².